The fourth-order valence-corrected chi connectivity index (χ4v) is 3.76. The van der Waals surface area contributed by atoms with Crippen LogP contribution in [0.2, 0.25) is 0 Å². The molecule has 1 unspecified atom stereocenters. The number of rotatable bonds is 5. The van der Waals surface area contributed by atoms with Crippen molar-refractivity contribution in [3.8, 4) is 17.0 Å². The van der Waals surface area contributed by atoms with E-state index in [1.807, 2.05) is 6.07 Å². The summed E-state index contributed by atoms with van der Waals surface area (Å²) in [6.07, 6.45) is 1.28. The number of halogens is 2. The quantitative estimate of drug-likeness (QED) is 0.589. The van der Waals surface area contributed by atoms with E-state index in [9.17, 15) is 18.7 Å². The van der Waals surface area contributed by atoms with Crippen LogP contribution in [-0.2, 0) is 16.1 Å². The lowest BCUT2D eigenvalue weighted by Gasteiger charge is -2.29. The molecule has 1 saturated heterocycles. The molecule has 1 aliphatic rings. The number of aromatic amines is 1. The minimum Gasteiger partial charge on any atom is -0.504 e. The fourth-order valence-electron chi connectivity index (χ4n) is 3.76. The van der Waals surface area contributed by atoms with E-state index in [4.69, 9.17) is 4.74 Å². The Morgan fingerprint density at radius 3 is 2.97 bits per heavy atom. The lowest BCUT2D eigenvalue weighted by atomic mass is 10.1. The first-order valence-corrected chi connectivity index (χ1v) is 10.1. The number of hydrogen-bond donors (Lipinski definition) is 2. The van der Waals surface area contributed by atoms with Crippen LogP contribution in [0.5, 0.6) is 5.75 Å². The van der Waals surface area contributed by atoms with Crippen molar-refractivity contribution in [3.63, 3.8) is 0 Å². The van der Waals surface area contributed by atoms with Crippen LogP contribution in [0.3, 0.4) is 0 Å². The summed E-state index contributed by atoms with van der Waals surface area (Å²) in [5, 5.41) is 18.7. The average Bonchev–Trinajstić information content (AvgIpc) is 3.03. The smallest absolute Gasteiger partial charge is 0.246 e. The zero-order chi connectivity index (χ0) is 22.8. The Morgan fingerprint density at radius 1 is 1.38 bits per heavy atom. The molecule has 1 aliphatic heterocycles. The second-order valence-corrected chi connectivity index (χ2v) is 7.73. The molecule has 1 amide bonds. The van der Waals surface area contributed by atoms with Crippen LogP contribution in [0.15, 0.2) is 36.9 Å². The maximum absolute atomic E-state index is 13.7. The summed E-state index contributed by atoms with van der Waals surface area (Å²) in [4.78, 5) is 19.0. The van der Waals surface area contributed by atoms with Crippen molar-refractivity contribution in [2.45, 2.75) is 12.6 Å². The van der Waals surface area contributed by atoms with Crippen LogP contribution >= 0.6 is 0 Å². The third kappa shape index (κ3) is 4.46. The Morgan fingerprint density at radius 2 is 2.19 bits per heavy atom. The first kappa shape index (κ1) is 21.8. The van der Waals surface area contributed by atoms with Gasteiger partial charge in [0, 0.05) is 49.4 Å². The van der Waals surface area contributed by atoms with Crippen molar-refractivity contribution in [2.24, 2.45) is 0 Å². The summed E-state index contributed by atoms with van der Waals surface area (Å²) in [6, 6.07) is 5.00. The second-order valence-electron chi connectivity index (χ2n) is 7.73. The molecule has 0 aliphatic carbocycles. The van der Waals surface area contributed by atoms with Gasteiger partial charge in [-0.25, -0.2) is 8.78 Å². The van der Waals surface area contributed by atoms with Gasteiger partial charge in [0.2, 0.25) is 5.91 Å². The number of carbonyl (C=O) groups excluding carboxylic acids is 1. The molecule has 0 bridgehead atoms. The minimum absolute atomic E-state index is 0.0675. The normalized spacial score (nSPS) is 17.3. The molecule has 32 heavy (non-hydrogen) atoms. The molecule has 3 aromatic rings. The fraction of sp³-hybridized carbons (Fsp3) is 0.318. The molecule has 168 valence electrons. The van der Waals surface area contributed by atoms with E-state index in [0.717, 1.165) is 11.8 Å². The number of aromatic hydroxyl groups is 1. The molecular weight excluding hydrogens is 420 g/mol. The number of ether oxygens (including phenoxy) is 1. The Hall–Kier alpha value is -3.37. The number of nitrogens with one attached hydrogen (secondary N) is 1. The van der Waals surface area contributed by atoms with Gasteiger partial charge in [-0.2, -0.15) is 0 Å². The first-order chi connectivity index (χ1) is 15.4. The van der Waals surface area contributed by atoms with Crippen molar-refractivity contribution in [2.75, 3.05) is 33.4 Å². The minimum atomic E-state index is -1.06. The van der Waals surface area contributed by atoms with Gasteiger partial charge in [0.25, 0.3) is 0 Å². The number of amides is 1. The van der Waals surface area contributed by atoms with Crippen molar-refractivity contribution >= 4 is 16.9 Å². The number of carbonyl (C=O) groups is 1. The van der Waals surface area contributed by atoms with E-state index in [1.165, 1.54) is 6.08 Å². The average molecular weight is 443 g/mol. The van der Waals surface area contributed by atoms with Crippen molar-refractivity contribution < 1.29 is 23.4 Å². The van der Waals surface area contributed by atoms with Crippen molar-refractivity contribution in [1.29, 1.82) is 0 Å². The van der Waals surface area contributed by atoms with E-state index in [0.29, 0.717) is 49.9 Å². The number of nitrogens with zero attached hydrogens (tertiary/aromatic N) is 4. The zero-order valence-electron chi connectivity index (χ0n) is 17.5. The lowest BCUT2D eigenvalue weighted by molar-refractivity contribution is -0.127. The Balaban J connectivity index is 1.55. The van der Waals surface area contributed by atoms with Gasteiger partial charge in [0.15, 0.2) is 17.2 Å². The van der Waals surface area contributed by atoms with Crippen LogP contribution in [-0.4, -0.2) is 75.4 Å². The summed E-state index contributed by atoms with van der Waals surface area (Å²) < 4.78 is 33.0. The highest BCUT2D eigenvalue weighted by Gasteiger charge is 2.24. The van der Waals surface area contributed by atoms with Crippen LogP contribution in [0.4, 0.5) is 8.78 Å². The Bertz CT molecular complexity index is 1170. The molecule has 3 heterocycles. The molecule has 2 N–H and O–H groups in total. The van der Waals surface area contributed by atoms with E-state index in [1.54, 1.807) is 18.0 Å². The molecule has 0 saturated carbocycles. The number of hydrogen-bond acceptors (Lipinski definition) is 6. The van der Waals surface area contributed by atoms with Crippen LogP contribution < -0.4 is 0 Å². The van der Waals surface area contributed by atoms with Gasteiger partial charge in [0.05, 0.1) is 24.9 Å². The SMILES string of the molecule is C=CC(=O)N(C)C1COCCN(Cc2cc3cc(-c4cc(F)cc(F)c4O)nnc3[nH]2)C1. The van der Waals surface area contributed by atoms with Gasteiger partial charge in [0.1, 0.15) is 5.82 Å². The van der Waals surface area contributed by atoms with E-state index >= 15 is 0 Å². The number of benzene rings is 1. The second kappa shape index (κ2) is 9.01. The lowest BCUT2D eigenvalue weighted by Crippen LogP contribution is -2.45. The molecule has 0 spiro atoms. The molecule has 10 heteroatoms. The van der Waals surface area contributed by atoms with Gasteiger partial charge >= 0.3 is 0 Å². The summed E-state index contributed by atoms with van der Waals surface area (Å²) in [7, 11) is 1.73. The van der Waals surface area contributed by atoms with Crippen LogP contribution in [0.1, 0.15) is 5.69 Å². The summed E-state index contributed by atoms with van der Waals surface area (Å²) in [5.41, 5.74) is 1.47. The van der Waals surface area contributed by atoms with Crippen LogP contribution in [0.25, 0.3) is 22.3 Å². The topological polar surface area (TPSA) is 94.6 Å². The molecule has 2 aromatic heterocycles. The number of H-pyrrole nitrogens is 1. The highest BCUT2D eigenvalue weighted by Crippen LogP contribution is 2.32. The summed E-state index contributed by atoms with van der Waals surface area (Å²) >= 11 is 0. The molecule has 0 radical (unpaired) electrons. The van der Waals surface area contributed by atoms with E-state index in [2.05, 4.69) is 26.7 Å². The monoisotopic (exact) mass is 443 g/mol. The molecule has 4 rings (SSSR count). The number of likely N-dealkylation sites (N-methyl/N-ethyl adjacent to an activating group) is 1. The standard InChI is InChI=1S/C22H23F2N5O3/c1-3-20(30)28(2)16-11-29(4-5-32-12-16)10-15-6-13-7-19(26-27-22(13)25-15)17-8-14(23)9-18(24)21(17)31/h3,6-9,16,31H,1,4-5,10-12H2,2H3,(H,25,27). The van der Waals surface area contributed by atoms with Gasteiger partial charge in [-0.05, 0) is 24.3 Å². The molecule has 1 fully saturated rings. The number of aromatic nitrogens is 3. The van der Waals surface area contributed by atoms with E-state index < -0.39 is 17.4 Å². The van der Waals surface area contributed by atoms with Crippen molar-refractivity contribution in [3.05, 3.63) is 54.2 Å². The number of phenols is 1. The predicted octanol–water partition coefficient (Wildman–Crippen LogP) is 2.45. The third-order valence-corrected chi connectivity index (χ3v) is 5.53. The van der Waals surface area contributed by atoms with Gasteiger partial charge in [-0.15, -0.1) is 10.2 Å². The highest BCUT2D eigenvalue weighted by atomic mass is 19.1. The maximum Gasteiger partial charge on any atom is 0.246 e. The van der Waals surface area contributed by atoms with Crippen molar-refractivity contribution in [1.82, 2.24) is 25.0 Å². The summed E-state index contributed by atoms with van der Waals surface area (Å²) in [6.45, 7) is 6.39. The largest absolute Gasteiger partial charge is 0.504 e. The third-order valence-electron chi connectivity index (χ3n) is 5.53. The van der Waals surface area contributed by atoms with Gasteiger partial charge in [-0.1, -0.05) is 6.58 Å². The molecule has 1 atom stereocenters. The van der Waals surface area contributed by atoms with E-state index in [-0.39, 0.29) is 23.2 Å². The Labute approximate surface area is 183 Å². The summed E-state index contributed by atoms with van der Waals surface area (Å²) in [5.74, 6) is -2.71. The maximum atomic E-state index is 13.7. The first-order valence-electron chi connectivity index (χ1n) is 10.1. The van der Waals surface area contributed by atoms with Gasteiger partial charge in [-0.3, -0.25) is 9.69 Å². The molecule has 8 nitrogen and oxygen atoms in total. The zero-order valence-corrected chi connectivity index (χ0v) is 17.5. The van der Waals surface area contributed by atoms with Gasteiger partial charge < -0.3 is 19.7 Å². The highest BCUT2D eigenvalue weighted by molar-refractivity contribution is 5.87. The van der Waals surface area contributed by atoms with Crippen LogP contribution in [0, 0.1) is 11.6 Å². The molecular formula is C22H23F2N5O3. The molecule has 1 aromatic carbocycles. The number of fused-ring (bicyclic) bond motifs is 1. The Kier molecular flexibility index (Phi) is 6.15. The number of phenolic OH excluding ortho intramolecular Hbond substituents is 1. The predicted molar refractivity (Wildman–Crippen MR) is 114 cm³/mol.